The third-order valence-electron chi connectivity index (χ3n) is 5.21. The largest absolute Gasteiger partial charge is 0.497 e. The van der Waals surface area contributed by atoms with Gasteiger partial charge >= 0.3 is 0 Å². The fourth-order valence-corrected chi connectivity index (χ4v) is 3.98. The smallest absolute Gasteiger partial charge is 0.189 e. The maximum atomic E-state index is 12.3. The first-order valence-corrected chi connectivity index (χ1v) is 8.84. The van der Waals surface area contributed by atoms with Gasteiger partial charge in [-0.05, 0) is 42.9 Å². The first-order chi connectivity index (χ1) is 12.0. The van der Waals surface area contributed by atoms with E-state index in [4.69, 9.17) is 25.8 Å². The van der Waals surface area contributed by atoms with E-state index in [9.17, 15) is 4.79 Å². The van der Waals surface area contributed by atoms with Crippen LogP contribution in [0.15, 0.2) is 42.7 Å². The average molecular weight is 363 g/mol. The quantitative estimate of drug-likeness (QED) is 0.707. The van der Waals surface area contributed by atoms with E-state index >= 15 is 0 Å². The Morgan fingerprint density at radius 3 is 3.00 bits per heavy atom. The Balaban J connectivity index is 1.86. The lowest BCUT2D eigenvalue weighted by Crippen LogP contribution is -2.44. The minimum atomic E-state index is -0.579. The molecule has 3 rings (SSSR count). The van der Waals surface area contributed by atoms with E-state index in [0.717, 1.165) is 17.7 Å². The van der Waals surface area contributed by atoms with Crippen LogP contribution in [0.1, 0.15) is 25.3 Å². The molecule has 4 nitrogen and oxygen atoms in total. The van der Waals surface area contributed by atoms with Crippen molar-refractivity contribution < 1.29 is 19.0 Å². The van der Waals surface area contributed by atoms with Gasteiger partial charge in [0.25, 0.3) is 0 Å². The van der Waals surface area contributed by atoms with E-state index in [0.29, 0.717) is 23.6 Å². The number of rotatable bonds is 6. The first kappa shape index (κ1) is 18.0. The van der Waals surface area contributed by atoms with Gasteiger partial charge in [-0.2, -0.15) is 0 Å². The Hall–Kier alpha value is -1.78. The molecule has 1 aliphatic carbocycles. The number of halogens is 1. The van der Waals surface area contributed by atoms with Gasteiger partial charge in [0.2, 0.25) is 0 Å². The van der Waals surface area contributed by atoms with Gasteiger partial charge in [-0.3, -0.25) is 4.79 Å². The molecule has 1 aliphatic heterocycles. The summed E-state index contributed by atoms with van der Waals surface area (Å²) in [6.07, 6.45) is 5.37. The van der Waals surface area contributed by atoms with Crippen LogP contribution >= 0.6 is 11.6 Å². The molecule has 1 aromatic rings. The van der Waals surface area contributed by atoms with Crippen molar-refractivity contribution >= 4 is 17.4 Å². The number of benzene rings is 1. The second-order valence-corrected chi connectivity index (χ2v) is 7.10. The van der Waals surface area contributed by atoms with Gasteiger partial charge in [0.15, 0.2) is 12.6 Å². The van der Waals surface area contributed by atoms with Crippen LogP contribution in [0, 0.1) is 11.8 Å². The zero-order chi connectivity index (χ0) is 18.0. The predicted molar refractivity (Wildman–Crippen MR) is 96.7 cm³/mol. The fraction of sp³-hybridized carbons (Fsp3) is 0.450. The molecule has 0 amide bonds. The van der Waals surface area contributed by atoms with Crippen LogP contribution in [-0.4, -0.2) is 25.3 Å². The second kappa shape index (κ2) is 7.22. The number of fused-ring (bicyclic) bond motifs is 1. The lowest BCUT2D eigenvalue weighted by molar-refractivity contribution is -0.123. The molecule has 0 N–H and O–H groups in total. The van der Waals surface area contributed by atoms with Crippen molar-refractivity contribution in [1.29, 1.82) is 0 Å². The van der Waals surface area contributed by atoms with Crippen molar-refractivity contribution in [1.82, 2.24) is 0 Å². The third-order valence-corrected chi connectivity index (χ3v) is 5.56. The highest BCUT2D eigenvalue weighted by Crippen LogP contribution is 2.46. The monoisotopic (exact) mass is 362 g/mol. The van der Waals surface area contributed by atoms with E-state index in [2.05, 4.69) is 13.5 Å². The standard InChI is InChI=1S/C20H23ClO4/c1-4-5-15-11-20(19(10-18(15)22)24-12-25-20)13(2)8-14-6-7-16(23-3)9-17(14)21/h4,6-7,9-10,13,15H,1,5,8,11-12H2,2-3H3/t13-,15+,20-/m1/s1. The maximum Gasteiger partial charge on any atom is 0.189 e. The Morgan fingerprint density at radius 2 is 2.32 bits per heavy atom. The van der Waals surface area contributed by atoms with Gasteiger partial charge in [0, 0.05) is 17.0 Å². The Kier molecular flexibility index (Phi) is 5.21. The summed E-state index contributed by atoms with van der Waals surface area (Å²) in [7, 11) is 1.62. The molecule has 0 bridgehead atoms. The van der Waals surface area contributed by atoms with Crippen molar-refractivity contribution in [2.75, 3.05) is 13.9 Å². The third kappa shape index (κ3) is 3.33. The highest BCUT2D eigenvalue weighted by molar-refractivity contribution is 6.31. The van der Waals surface area contributed by atoms with Crippen molar-refractivity contribution in [3.63, 3.8) is 0 Å². The van der Waals surface area contributed by atoms with Crippen LogP contribution in [0.5, 0.6) is 5.75 Å². The topological polar surface area (TPSA) is 44.8 Å². The van der Waals surface area contributed by atoms with E-state index < -0.39 is 5.60 Å². The molecule has 0 radical (unpaired) electrons. The summed E-state index contributed by atoms with van der Waals surface area (Å²) in [5.41, 5.74) is 0.446. The molecule has 2 aliphatic rings. The number of hydrogen-bond donors (Lipinski definition) is 0. The first-order valence-electron chi connectivity index (χ1n) is 8.46. The zero-order valence-electron chi connectivity index (χ0n) is 14.6. The van der Waals surface area contributed by atoms with Gasteiger partial charge in [-0.1, -0.05) is 30.7 Å². The molecule has 25 heavy (non-hydrogen) atoms. The molecule has 0 unspecified atom stereocenters. The van der Waals surface area contributed by atoms with E-state index in [-0.39, 0.29) is 24.4 Å². The van der Waals surface area contributed by atoms with Gasteiger partial charge in [0.1, 0.15) is 17.1 Å². The summed E-state index contributed by atoms with van der Waals surface area (Å²) in [5, 5.41) is 0.668. The summed E-state index contributed by atoms with van der Waals surface area (Å²) in [4.78, 5) is 12.3. The highest BCUT2D eigenvalue weighted by atomic mass is 35.5. The van der Waals surface area contributed by atoms with E-state index in [1.54, 1.807) is 19.3 Å². The van der Waals surface area contributed by atoms with Gasteiger partial charge in [-0.25, -0.2) is 0 Å². The molecule has 134 valence electrons. The van der Waals surface area contributed by atoms with Crippen LogP contribution in [0.3, 0.4) is 0 Å². The molecule has 5 heteroatoms. The summed E-state index contributed by atoms with van der Waals surface area (Å²) in [6.45, 7) is 6.06. The van der Waals surface area contributed by atoms with Crippen molar-refractivity contribution in [3.8, 4) is 5.75 Å². The number of allylic oxidation sites excluding steroid dienone is 2. The summed E-state index contributed by atoms with van der Waals surface area (Å²) < 4.78 is 16.9. The number of ketones is 1. The van der Waals surface area contributed by atoms with Gasteiger partial charge in [0.05, 0.1) is 7.11 Å². The van der Waals surface area contributed by atoms with Crippen LogP contribution < -0.4 is 4.74 Å². The van der Waals surface area contributed by atoms with Gasteiger partial charge < -0.3 is 14.2 Å². The van der Waals surface area contributed by atoms with Crippen molar-refractivity contribution in [2.24, 2.45) is 11.8 Å². The minimum Gasteiger partial charge on any atom is -0.497 e. The maximum absolute atomic E-state index is 12.3. The summed E-state index contributed by atoms with van der Waals surface area (Å²) >= 11 is 6.40. The van der Waals surface area contributed by atoms with Crippen LogP contribution in [0.25, 0.3) is 0 Å². The van der Waals surface area contributed by atoms with Crippen molar-refractivity contribution in [2.45, 2.75) is 31.8 Å². The van der Waals surface area contributed by atoms with Crippen molar-refractivity contribution in [3.05, 3.63) is 53.3 Å². The van der Waals surface area contributed by atoms with E-state index in [1.807, 2.05) is 18.2 Å². The second-order valence-electron chi connectivity index (χ2n) is 6.69. The number of ether oxygens (including phenoxy) is 3. The molecular formula is C20H23ClO4. The molecule has 1 heterocycles. The molecule has 0 spiro atoms. The minimum absolute atomic E-state index is 0.0886. The molecule has 1 aromatic carbocycles. The lowest BCUT2D eigenvalue weighted by atomic mass is 9.71. The molecule has 1 saturated heterocycles. The molecular weight excluding hydrogens is 340 g/mol. The Morgan fingerprint density at radius 1 is 1.52 bits per heavy atom. The lowest BCUT2D eigenvalue weighted by Gasteiger charge is -2.38. The predicted octanol–water partition coefficient (Wildman–Crippen LogP) is 4.32. The van der Waals surface area contributed by atoms with Crippen LogP contribution in [-0.2, 0) is 20.7 Å². The number of hydrogen-bond acceptors (Lipinski definition) is 4. The highest BCUT2D eigenvalue weighted by Gasteiger charge is 2.51. The average Bonchev–Trinajstić information content (AvgIpc) is 3.01. The Labute approximate surface area is 153 Å². The van der Waals surface area contributed by atoms with E-state index in [1.165, 1.54) is 0 Å². The fourth-order valence-electron chi connectivity index (χ4n) is 3.73. The molecule has 3 atom stereocenters. The van der Waals surface area contributed by atoms with Crippen LogP contribution in [0.4, 0.5) is 0 Å². The molecule has 1 fully saturated rings. The molecule has 0 saturated carbocycles. The SMILES string of the molecule is C=CC[C@H]1C[C@]2([C@H](C)Cc3ccc(OC)cc3Cl)OCOC2=CC1=O. The van der Waals surface area contributed by atoms with Gasteiger partial charge in [-0.15, -0.1) is 6.58 Å². The summed E-state index contributed by atoms with van der Waals surface area (Å²) in [5.74, 6) is 1.46. The molecule has 0 aromatic heterocycles. The number of methoxy groups -OCH3 is 1. The normalized spacial score (nSPS) is 26.4. The van der Waals surface area contributed by atoms with Crippen LogP contribution in [0.2, 0.25) is 5.02 Å². The zero-order valence-corrected chi connectivity index (χ0v) is 15.3. The Bertz CT molecular complexity index is 712. The summed E-state index contributed by atoms with van der Waals surface area (Å²) in [6, 6.07) is 5.69. The number of carbonyl (C=O) groups excluding carboxylic acids is 1. The number of carbonyl (C=O) groups is 1.